The molecular weight excluding hydrogens is 369 g/mol. The number of hydrogen-bond donors (Lipinski definition) is 0. The number of halogens is 1. The molecule has 0 unspecified atom stereocenters. The highest BCUT2D eigenvalue weighted by Gasteiger charge is 2.18. The molecule has 0 bridgehead atoms. The van der Waals surface area contributed by atoms with Crippen LogP contribution >= 0.6 is 0 Å². The molecule has 150 valence electrons. The molecule has 0 aliphatic rings. The standard InChI is InChI=1S/C22H24FN5O/c1-14(2)8-10-26-18-6-5-16(23)11-17(18)25-21(26)13-27-20-12-24-9-7-19(20)28(15(3)4)22(27)29/h5-7,9,11-12,14H,3,8,10,13H2,1-2,4H3. The van der Waals surface area contributed by atoms with E-state index in [4.69, 9.17) is 0 Å². The number of rotatable bonds is 6. The highest BCUT2D eigenvalue weighted by molar-refractivity contribution is 5.79. The Kier molecular flexibility index (Phi) is 4.82. The van der Waals surface area contributed by atoms with Crippen molar-refractivity contribution in [2.45, 2.75) is 40.3 Å². The number of aromatic nitrogens is 5. The predicted molar refractivity (Wildman–Crippen MR) is 113 cm³/mol. The topological polar surface area (TPSA) is 57.6 Å². The maximum Gasteiger partial charge on any atom is 0.333 e. The van der Waals surface area contributed by atoms with E-state index in [9.17, 15) is 9.18 Å². The third-order valence-corrected chi connectivity index (χ3v) is 5.13. The summed E-state index contributed by atoms with van der Waals surface area (Å²) in [5.74, 6) is 0.911. The molecule has 0 saturated heterocycles. The molecule has 3 aromatic heterocycles. The van der Waals surface area contributed by atoms with Crippen molar-refractivity contribution >= 4 is 27.8 Å². The van der Waals surface area contributed by atoms with Crippen molar-refractivity contribution in [3.8, 4) is 0 Å². The van der Waals surface area contributed by atoms with Crippen molar-refractivity contribution in [1.29, 1.82) is 0 Å². The van der Waals surface area contributed by atoms with Crippen molar-refractivity contribution in [3.05, 3.63) is 65.4 Å². The molecular formula is C22H24FN5O. The summed E-state index contributed by atoms with van der Waals surface area (Å²) >= 11 is 0. The van der Waals surface area contributed by atoms with Gasteiger partial charge in [-0.15, -0.1) is 0 Å². The molecule has 0 amide bonds. The van der Waals surface area contributed by atoms with Crippen LogP contribution in [0, 0.1) is 11.7 Å². The summed E-state index contributed by atoms with van der Waals surface area (Å²) in [4.78, 5) is 22.0. The van der Waals surface area contributed by atoms with Gasteiger partial charge in [0, 0.05) is 24.5 Å². The predicted octanol–water partition coefficient (Wildman–Crippen LogP) is 4.27. The molecule has 0 atom stereocenters. The van der Waals surface area contributed by atoms with Gasteiger partial charge in [-0.25, -0.2) is 14.2 Å². The number of aryl methyl sites for hydroxylation is 1. The van der Waals surface area contributed by atoms with E-state index in [2.05, 4.69) is 35.0 Å². The van der Waals surface area contributed by atoms with E-state index in [0.29, 0.717) is 22.6 Å². The summed E-state index contributed by atoms with van der Waals surface area (Å²) in [6.45, 7) is 11.1. The molecule has 3 heterocycles. The lowest BCUT2D eigenvalue weighted by Crippen LogP contribution is -2.25. The third-order valence-electron chi connectivity index (χ3n) is 5.13. The second-order valence-electron chi connectivity index (χ2n) is 7.80. The largest absolute Gasteiger partial charge is 0.333 e. The molecule has 1 aromatic carbocycles. The number of imidazole rings is 2. The first-order chi connectivity index (χ1) is 13.9. The highest BCUT2D eigenvalue weighted by atomic mass is 19.1. The quantitative estimate of drug-likeness (QED) is 0.491. The first kappa shape index (κ1) is 19.1. The lowest BCUT2D eigenvalue weighted by molar-refractivity contribution is 0.507. The molecule has 0 aliphatic carbocycles. The summed E-state index contributed by atoms with van der Waals surface area (Å²) < 4.78 is 19.1. The Balaban J connectivity index is 1.88. The van der Waals surface area contributed by atoms with Gasteiger partial charge in [-0.2, -0.15) is 0 Å². The molecule has 7 heteroatoms. The van der Waals surface area contributed by atoms with E-state index < -0.39 is 0 Å². The van der Waals surface area contributed by atoms with Gasteiger partial charge in [-0.05, 0) is 37.5 Å². The highest BCUT2D eigenvalue weighted by Crippen LogP contribution is 2.21. The van der Waals surface area contributed by atoms with Gasteiger partial charge in [0.2, 0.25) is 0 Å². The van der Waals surface area contributed by atoms with E-state index in [-0.39, 0.29) is 18.1 Å². The van der Waals surface area contributed by atoms with E-state index in [0.717, 1.165) is 29.8 Å². The van der Waals surface area contributed by atoms with Crippen LogP contribution in [0.2, 0.25) is 0 Å². The summed E-state index contributed by atoms with van der Waals surface area (Å²) in [5, 5.41) is 0. The monoisotopic (exact) mass is 393 g/mol. The maximum absolute atomic E-state index is 13.8. The van der Waals surface area contributed by atoms with E-state index in [1.165, 1.54) is 12.1 Å². The molecule has 0 saturated carbocycles. The summed E-state index contributed by atoms with van der Waals surface area (Å²) in [6.07, 6.45) is 4.29. The summed E-state index contributed by atoms with van der Waals surface area (Å²) in [5.41, 5.74) is 3.40. The van der Waals surface area contributed by atoms with Crippen LogP contribution in [0.1, 0.15) is 33.0 Å². The SMILES string of the molecule is C=C(C)n1c(=O)n(Cc2nc3cc(F)ccc3n2CCC(C)C)c2cnccc21. The number of allylic oxidation sites excluding steroid dienone is 1. The van der Waals surface area contributed by atoms with Crippen LogP contribution in [0.4, 0.5) is 4.39 Å². The van der Waals surface area contributed by atoms with Crippen molar-refractivity contribution in [3.63, 3.8) is 0 Å². The van der Waals surface area contributed by atoms with Crippen molar-refractivity contribution in [2.24, 2.45) is 5.92 Å². The molecule has 0 N–H and O–H groups in total. The van der Waals surface area contributed by atoms with Crippen LogP contribution in [0.5, 0.6) is 0 Å². The van der Waals surface area contributed by atoms with Crippen molar-refractivity contribution in [2.75, 3.05) is 0 Å². The average molecular weight is 393 g/mol. The molecule has 6 nitrogen and oxygen atoms in total. The van der Waals surface area contributed by atoms with Gasteiger partial charge in [0.05, 0.1) is 34.8 Å². The van der Waals surface area contributed by atoms with Gasteiger partial charge in [-0.3, -0.25) is 14.1 Å². The fourth-order valence-corrected chi connectivity index (χ4v) is 3.68. The van der Waals surface area contributed by atoms with E-state index in [1.807, 2.05) is 0 Å². The van der Waals surface area contributed by atoms with E-state index >= 15 is 0 Å². The Morgan fingerprint density at radius 3 is 2.69 bits per heavy atom. The van der Waals surface area contributed by atoms with Crippen molar-refractivity contribution in [1.82, 2.24) is 23.7 Å². The smallest absolute Gasteiger partial charge is 0.326 e. The van der Waals surface area contributed by atoms with Gasteiger partial charge < -0.3 is 4.57 Å². The Bertz CT molecular complexity index is 1280. The lowest BCUT2D eigenvalue weighted by atomic mass is 10.1. The molecule has 0 radical (unpaired) electrons. The summed E-state index contributed by atoms with van der Waals surface area (Å²) in [7, 11) is 0. The maximum atomic E-state index is 13.8. The van der Waals surface area contributed by atoms with Gasteiger partial charge >= 0.3 is 5.69 Å². The number of nitrogens with zero attached hydrogens (tertiary/aromatic N) is 5. The fourth-order valence-electron chi connectivity index (χ4n) is 3.68. The van der Waals surface area contributed by atoms with Gasteiger partial charge in [0.15, 0.2) is 0 Å². The van der Waals surface area contributed by atoms with Crippen LogP contribution in [0.3, 0.4) is 0 Å². The van der Waals surface area contributed by atoms with Crippen LogP contribution in [0.15, 0.2) is 48.0 Å². The minimum atomic E-state index is -0.321. The average Bonchev–Trinajstić information content (AvgIpc) is 3.14. The van der Waals surface area contributed by atoms with Gasteiger partial charge in [0.1, 0.15) is 11.6 Å². The van der Waals surface area contributed by atoms with Crippen LogP contribution in [0.25, 0.3) is 27.8 Å². The zero-order chi connectivity index (χ0) is 20.7. The normalized spacial score (nSPS) is 11.8. The first-order valence-electron chi connectivity index (χ1n) is 9.72. The Morgan fingerprint density at radius 1 is 1.17 bits per heavy atom. The molecule has 0 fully saturated rings. The Morgan fingerprint density at radius 2 is 1.97 bits per heavy atom. The third kappa shape index (κ3) is 3.37. The van der Waals surface area contributed by atoms with Crippen LogP contribution in [-0.4, -0.2) is 23.7 Å². The van der Waals surface area contributed by atoms with Crippen LogP contribution < -0.4 is 5.69 Å². The zero-order valence-electron chi connectivity index (χ0n) is 16.9. The molecule has 4 aromatic rings. The van der Waals surface area contributed by atoms with E-state index in [1.54, 1.807) is 40.6 Å². The minimum absolute atomic E-state index is 0.186. The fraction of sp³-hybridized carbons (Fsp3) is 0.318. The molecule has 0 aliphatic heterocycles. The van der Waals surface area contributed by atoms with Gasteiger partial charge in [-0.1, -0.05) is 20.4 Å². The Hall–Kier alpha value is -3.22. The molecule has 0 spiro atoms. The number of hydrogen-bond acceptors (Lipinski definition) is 3. The van der Waals surface area contributed by atoms with Crippen LogP contribution in [-0.2, 0) is 13.1 Å². The Labute approximate surface area is 167 Å². The lowest BCUT2D eigenvalue weighted by Gasteiger charge is -2.11. The minimum Gasteiger partial charge on any atom is -0.326 e. The molecule has 29 heavy (non-hydrogen) atoms. The first-order valence-corrected chi connectivity index (χ1v) is 9.72. The number of pyridine rings is 1. The second-order valence-corrected chi connectivity index (χ2v) is 7.80. The second kappa shape index (κ2) is 7.31. The zero-order valence-corrected chi connectivity index (χ0v) is 16.9. The molecule has 4 rings (SSSR count). The van der Waals surface area contributed by atoms with Gasteiger partial charge in [0.25, 0.3) is 0 Å². The summed E-state index contributed by atoms with van der Waals surface area (Å²) in [6, 6.07) is 6.44. The van der Waals surface area contributed by atoms with Crippen molar-refractivity contribution < 1.29 is 4.39 Å². The number of benzene rings is 1. The number of fused-ring (bicyclic) bond motifs is 2.